The van der Waals surface area contributed by atoms with E-state index in [0.717, 1.165) is 29.4 Å². The maximum Gasteiger partial charge on any atom is 0.213 e. The largest absolute Gasteiger partial charge is 0.481 e. The van der Waals surface area contributed by atoms with Gasteiger partial charge in [-0.25, -0.2) is 15.0 Å². The molecule has 0 bridgehead atoms. The summed E-state index contributed by atoms with van der Waals surface area (Å²) in [5.74, 6) is 2.53. The van der Waals surface area contributed by atoms with Crippen molar-refractivity contribution in [3.05, 3.63) is 30.2 Å². The van der Waals surface area contributed by atoms with Gasteiger partial charge in [-0.2, -0.15) is 0 Å². The molecule has 0 amide bonds. The Morgan fingerprint density at radius 3 is 2.70 bits per heavy atom. The summed E-state index contributed by atoms with van der Waals surface area (Å²) in [4.78, 5) is 13.3. The minimum Gasteiger partial charge on any atom is -0.481 e. The topological polar surface area (TPSA) is 59.9 Å². The highest BCUT2D eigenvalue weighted by Crippen LogP contribution is 2.24. The second-order valence-corrected chi connectivity index (χ2v) is 4.77. The van der Waals surface area contributed by atoms with Crippen LogP contribution in [0, 0.1) is 0 Å². The van der Waals surface area contributed by atoms with E-state index in [2.05, 4.69) is 34.1 Å². The molecule has 0 spiro atoms. The van der Waals surface area contributed by atoms with Crippen molar-refractivity contribution < 1.29 is 4.74 Å². The number of aromatic nitrogens is 3. The van der Waals surface area contributed by atoms with Crippen LogP contribution >= 0.6 is 0 Å². The van der Waals surface area contributed by atoms with Crippen LogP contribution in [0.15, 0.2) is 24.4 Å². The van der Waals surface area contributed by atoms with Crippen molar-refractivity contribution in [2.24, 2.45) is 0 Å². The van der Waals surface area contributed by atoms with Crippen LogP contribution in [-0.4, -0.2) is 28.6 Å². The van der Waals surface area contributed by atoms with Gasteiger partial charge in [0.05, 0.1) is 12.8 Å². The van der Waals surface area contributed by atoms with Gasteiger partial charge in [0.1, 0.15) is 11.6 Å². The highest BCUT2D eigenvalue weighted by atomic mass is 16.5. The van der Waals surface area contributed by atoms with E-state index in [1.165, 1.54) is 0 Å². The Hall–Kier alpha value is -2.17. The maximum atomic E-state index is 5.16. The molecule has 0 aliphatic heterocycles. The van der Waals surface area contributed by atoms with Crippen molar-refractivity contribution in [1.82, 2.24) is 15.0 Å². The van der Waals surface area contributed by atoms with E-state index >= 15 is 0 Å². The summed E-state index contributed by atoms with van der Waals surface area (Å²) >= 11 is 0. The lowest BCUT2D eigenvalue weighted by Gasteiger charge is -2.11. The first-order valence-electron chi connectivity index (χ1n) is 6.77. The second kappa shape index (κ2) is 6.32. The standard InChI is InChI=1S/C15H20N4O/c1-5-16-13-9-12(18-15(19-13)10(2)3)11-6-7-17-14(8-11)20-4/h6-10H,5H2,1-4H3,(H,16,18,19). The molecular formula is C15H20N4O. The number of hydrogen-bond donors (Lipinski definition) is 1. The number of pyridine rings is 1. The fourth-order valence-corrected chi connectivity index (χ4v) is 1.82. The fourth-order valence-electron chi connectivity index (χ4n) is 1.82. The van der Waals surface area contributed by atoms with Gasteiger partial charge in [-0.3, -0.25) is 0 Å². The maximum absolute atomic E-state index is 5.16. The zero-order chi connectivity index (χ0) is 14.5. The molecule has 0 saturated heterocycles. The molecule has 0 fully saturated rings. The Kier molecular flexibility index (Phi) is 4.50. The molecule has 1 N–H and O–H groups in total. The van der Waals surface area contributed by atoms with Crippen molar-refractivity contribution >= 4 is 5.82 Å². The molecule has 0 aliphatic carbocycles. The third kappa shape index (κ3) is 3.23. The number of rotatable bonds is 5. The molecular weight excluding hydrogens is 252 g/mol. The summed E-state index contributed by atoms with van der Waals surface area (Å²) in [6.45, 7) is 7.05. The highest BCUT2D eigenvalue weighted by molar-refractivity contribution is 5.63. The molecule has 2 aromatic heterocycles. The van der Waals surface area contributed by atoms with E-state index in [4.69, 9.17) is 4.74 Å². The average Bonchev–Trinajstić information content (AvgIpc) is 2.47. The lowest BCUT2D eigenvalue weighted by Crippen LogP contribution is -2.06. The quantitative estimate of drug-likeness (QED) is 0.906. The predicted octanol–water partition coefficient (Wildman–Crippen LogP) is 3.10. The molecule has 106 valence electrons. The van der Waals surface area contributed by atoms with Gasteiger partial charge in [-0.15, -0.1) is 0 Å². The second-order valence-electron chi connectivity index (χ2n) is 4.77. The molecule has 0 atom stereocenters. The Bertz CT molecular complexity index is 584. The number of hydrogen-bond acceptors (Lipinski definition) is 5. The first-order chi connectivity index (χ1) is 9.63. The van der Waals surface area contributed by atoms with Crippen LogP contribution in [0.3, 0.4) is 0 Å². The highest BCUT2D eigenvalue weighted by Gasteiger charge is 2.10. The number of methoxy groups -OCH3 is 1. The minimum atomic E-state index is 0.274. The zero-order valence-corrected chi connectivity index (χ0v) is 12.3. The summed E-state index contributed by atoms with van der Waals surface area (Å²) in [6.07, 6.45) is 1.72. The molecule has 0 aliphatic rings. The summed E-state index contributed by atoms with van der Waals surface area (Å²) < 4.78 is 5.16. The number of nitrogens with zero attached hydrogens (tertiary/aromatic N) is 3. The fraction of sp³-hybridized carbons (Fsp3) is 0.400. The summed E-state index contributed by atoms with van der Waals surface area (Å²) in [5.41, 5.74) is 1.85. The number of nitrogens with one attached hydrogen (secondary N) is 1. The first-order valence-corrected chi connectivity index (χ1v) is 6.77. The van der Waals surface area contributed by atoms with Gasteiger partial charge in [0, 0.05) is 36.4 Å². The monoisotopic (exact) mass is 272 g/mol. The molecule has 5 heteroatoms. The van der Waals surface area contributed by atoms with Crippen LogP contribution in [0.1, 0.15) is 32.5 Å². The van der Waals surface area contributed by atoms with Crippen molar-refractivity contribution in [2.45, 2.75) is 26.7 Å². The molecule has 0 aromatic carbocycles. The molecule has 0 radical (unpaired) electrons. The Morgan fingerprint density at radius 1 is 1.25 bits per heavy atom. The van der Waals surface area contributed by atoms with Gasteiger partial charge in [0.15, 0.2) is 0 Å². The predicted molar refractivity (Wildman–Crippen MR) is 80.1 cm³/mol. The van der Waals surface area contributed by atoms with E-state index in [9.17, 15) is 0 Å². The molecule has 20 heavy (non-hydrogen) atoms. The molecule has 5 nitrogen and oxygen atoms in total. The van der Waals surface area contributed by atoms with Crippen LogP contribution in [0.2, 0.25) is 0 Å². The van der Waals surface area contributed by atoms with Gasteiger partial charge in [-0.1, -0.05) is 13.8 Å². The smallest absolute Gasteiger partial charge is 0.213 e. The van der Waals surface area contributed by atoms with Gasteiger partial charge in [-0.05, 0) is 13.0 Å². The van der Waals surface area contributed by atoms with Crippen molar-refractivity contribution in [1.29, 1.82) is 0 Å². The lowest BCUT2D eigenvalue weighted by atomic mass is 10.1. The van der Waals surface area contributed by atoms with Gasteiger partial charge < -0.3 is 10.1 Å². The Labute approximate surface area is 119 Å². The number of ether oxygens (including phenoxy) is 1. The molecule has 2 rings (SSSR count). The van der Waals surface area contributed by atoms with E-state index in [1.807, 2.05) is 25.1 Å². The van der Waals surface area contributed by atoms with Crippen LogP contribution < -0.4 is 10.1 Å². The SMILES string of the molecule is CCNc1cc(-c2ccnc(OC)c2)nc(C(C)C)n1. The Morgan fingerprint density at radius 2 is 2.05 bits per heavy atom. The van der Waals surface area contributed by atoms with Crippen LogP contribution in [-0.2, 0) is 0 Å². The van der Waals surface area contributed by atoms with Gasteiger partial charge >= 0.3 is 0 Å². The number of anilines is 1. The average molecular weight is 272 g/mol. The Balaban J connectivity index is 2.48. The summed E-state index contributed by atoms with van der Waals surface area (Å²) in [5, 5.41) is 3.24. The molecule has 0 saturated carbocycles. The van der Waals surface area contributed by atoms with Gasteiger partial charge in [0.25, 0.3) is 0 Å². The molecule has 0 unspecified atom stereocenters. The van der Waals surface area contributed by atoms with E-state index in [0.29, 0.717) is 5.88 Å². The third-order valence-corrected chi connectivity index (χ3v) is 2.86. The molecule has 2 aromatic rings. The van der Waals surface area contributed by atoms with Crippen molar-refractivity contribution in [2.75, 3.05) is 19.0 Å². The zero-order valence-electron chi connectivity index (χ0n) is 12.3. The van der Waals surface area contributed by atoms with E-state index in [-0.39, 0.29) is 5.92 Å². The lowest BCUT2D eigenvalue weighted by molar-refractivity contribution is 0.398. The normalized spacial score (nSPS) is 10.7. The molecule has 2 heterocycles. The minimum absolute atomic E-state index is 0.274. The van der Waals surface area contributed by atoms with E-state index in [1.54, 1.807) is 13.3 Å². The summed E-state index contributed by atoms with van der Waals surface area (Å²) in [7, 11) is 1.61. The van der Waals surface area contributed by atoms with Crippen LogP contribution in [0.25, 0.3) is 11.3 Å². The van der Waals surface area contributed by atoms with Crippen LogP contribution in [0.4, 0.5) is 5.82 Å². The third-order valence-electron chi connectivity index (χ3n) is 2.86. The first kappa shape index (κ1) is 14.2. The van der Waals surface area contributed by atoms with Crippen molar-refractivity contribution in [3.8, 4) is 17.1 Å². The van der Waals surface area contributed by atoms with E-state index < -0.39 is 0 Å². The van der Waals surface area contributed by atoms with Crippen LogP contribution in [0.5, 0.6) is 5.88 Å². The van der Waals surface area contributed by atoms with Gasteiger partial charge in [0.2, 0.25) is 5.88 Å². The van der Waals surface area contributed by atoms with Crippen molar-refractivity contribution in [3.63, 3.8) is 0 Å². The summed E-state index contributed by atoms with van der Waals surface area (Å²) in [6, 6.07) is 5.75.